The van der Waals surface area contributed by atoms with Gasteiger partial charge in [-0.1, -0.05) is 23.7 Å². The van der Waals surface area contributed by atoms with Crippen LogP contribution in [0.1, 0.15) is 26.3 Å². The van der Waals surface area contributed by atoms with Gasteiger partial charge in [0.25, 0.3) is 5.91 Å². The first-order chi connectivity index (χ1) is 14.4. The Kier molecular flexibility index (Phi) is 5.05. The highest BCUT2D eigenvalue weighted by atomic mass is 35.5. The van der Waals surface area contributed by atoms with Crippen LogP contribution in [0, 0.1) is 12.7 Å². The molecule has 4 rings (SSSR count). The molecular formula is C22H15ClFN3O3. The third kappa shape index (κ3) is 3.23. The van der Waals surface area contributed by atoms with Gasteiger partial charge in [0, 0.05) is 11.8 Å². The molecule has 0 unspecified atom stereocenters. The molecule has 30 heavy (non-hydrogen) atoms. The van der Waals surface area contributed by atoms with E-state index in [9.17, 15) is 14.0 Å². The number of esters is 1. The van der Waals surface area contributed by atoms with E-state index in [2.05, 4.69) is 14.8 Å². The summed E-state index contributed by atoms with van der Waals surface area (Å²) < 4.78 is 20.6. The molecule has 0 amide bonds. The van der Waals surface area contributed by atoms with Gasteiger partial charge in [-0.2, -0.15) is 9.78 Å². The zero-order chi connectivity index (χ0) is 21.4. The van der Waals surface area contributed by atoms with E-state index in [0.29, 0.717) is 27.2 Å². The first-order valence-corrected chi connectivity index (χ1v) is 9.32. The number of hydrogen-bond donors (Lipinski definition) is 0. The van der Waals surface area contributed by atoms with Crippen molar-refractivity contribution in [2.24, 2.45) is 0 Å². The lowest BCUT2D eigenvalue weighted by atomic mass is 10.1. The fourth-order valence-electron chi connectivity index (χ4n) is 3.25. The Balaban J connectivity index is 1.91. The van der Waals surface area contributed by atoms with E-state index in [1.165, 1.54) is 30.1 Å². The second-order valence-electron chi connectivity index (χ2n) is 6.55. The number of halogens is 2. The van der Waals surface area contributed by atoms with Crippen LogP contribution in [-0.2, 0) is 4.74 Å². The molecule has 0 spiro atoms. The van der Waals surface area contributed by atoms with Gasteiger partial charge >= 0.3 is 5.97 Å². The number of aryl methyl sites for hydroxylation is 1. The molecule has 0 fully saturated rings. The van der Waals surface area contributed by atoms with Crippen LogP contribution in [0.4, 0.5) is 4.39 Å². The monoisotopic (exact) mass is 423 g/mol. The molecule has 150 valence electrons. The standard InChI is InChI=1S/C22H15ClFN3O3/c1-12-5-3-6-15(23)18(12)21(28)27-17-7-4-10-25-20(17)19(26-27)14-9-8-13(11-16(14)24)22(29)30-2/h3-11H,1-2H3. The van der Waals surface area contributed by atoms with E-state index in [-0.39, 0.29) is 16.8 Å². The molecule has 0 atom stereocenters. The lowest BCUT2D eigenvalue weighted by Crippen LogP contribution is -2.15. The molecule has 0 radical (unpaired) electrons. The Morgan fingerprint density at radius 3 is 2.63 bits per heavy atom. The number of carbonyl (C=O) groups excluding carboxylic acids is 2. The summed E-state index contributed by atoms with van der Waals surface area (Å²) in [6, 6.07) is 12.4. The molecule has 4 aromatic rings. The molecule has 0 saturated heterocycles. The van der Waals surface area contributed by atoms with Gasteiger partial charge in [-0.3, -0.25) is 9.78 Å². The molecule has 0 aliphatic carbocycles. The fourth-order valence-corrected chi connectivity index (χ4v) is 3.55. The van der Waals surface area contributed by atoms with Gasteiger partial charge < -0.3 is 4.74 Å². The van der Waals surface area contributed by atoms with Crippen molar-refractivity contribution in [3.8, 4) is 11.3 Å². The predicted molar refractivity (Wildman–Crippen MR) is 110 cm³/mol. The van der Waals surface area contributed by atoms with Crippen molar-refractivity contribution >= 4 is 34.5 Å². The summed E-state index contributed by atoms with van der Waals surface area (Å²) in [5, 5.41) is 4.66. The van der Waals surface area contributed by atoms with Gasteiger partial charge in [-0.15, -0.1) is 0 Å². The molecule has 8 heteroatoms. The Morgan fingerprint density at radius 2 is 1.93 bits per heavy atom. The van der Waals surface area contributed by atoms with E-state index in [1.54, 1.807) is 37.3 Å². The minimum Gasteiger partial charge on any atom is -0.465 e. The van der Waals surface area contributed by atoms with Crippen LogP contribution in [0.5, 0.6) is 0 Å². The normalized spacial score (nSPS) is 10.9. The number of ether oxygens (including phenoxy) is 1. The Bertz CT molecular complexity index is 1300. The molecule has 0 aliphatic rings. The number of nitrogens with zero attached hydrogens (tertiary/aromatic N) is 3. The maximum Gasteiger partial charge on any atom is 0.337 e. The molecule has 0 saturated carbocycles. The minimum atomic E-state index is -0.684. The van der Waals surface area contributed by atoms with E-state index in [0.717, 1.165) is 6.07 Å². The molecule has 6 nitrogen and oxygen atoms in total. The maximum absolute atomic E-state index is 14.8. The first-order valence-electron chi connectivity index (χ1n) is 8.94. The van der Waals surface area contributed by atoms with Crippen LogP contribution in [0.3, 0.4) is 0 Å². The van der Waals surface area contributed by atoms with Crippen LogP contribution >= 0.6 is 11.6 Å². The maximum atomic E-state index is 14.8. The van der Waals surface area contributed by atoms with E-state index in [4.69, 9.17) is 11.6 Å². The summed E-state index contributed by atoms with van der Waals surface area (Å²) in [6.07, 6.45) is 1.53. The largest absolute Gasteiger partial charge is 0.465 e. The van der Waals surface area contributed by atoms with Crippen LogP contribution in [0.25, 0.3) is 22.3 Å². The van der Waals surface area contributed by atoms with Crippen molar-refractivity contribution in [1.29, 1.82) is 0 Å². The number of rotatable bonds is 3. The molecular weight excluding hydrogens is 409 g/mol. The minimum absolute atomic E-state index is 0.0678. The van der Waals surface area contributed by atoms with Gasteiger partial charge in [-0.25, -0.2) is 9.18 Å². The van der Waals surface area contributed by atoms with E-state index >= 15 is 0 Å². The highest BCUT2D eigenvalue weighted by Gasteiger charge is 2.23. The summed E-state index contributed by atoms with van der Waals surface area (Å²) in [5.41, 5.74) is 2.11. The van der Waals surface area contributed by atoms with Crippen molar-refractivity contribution in [3.05, 3.63) is 82.3 Å². The number of hydrogen-bond acceptors (Lipinski definition) is 5. The summed E-state index contributed by atoms with van der Waals surface area (Å²) in [6.45, 7) is 1.77. The van der Waals surface area contributed by atoms with Gasteiger partial charge in [0.15, 0.2) is 0 Å². The number of methoxy groups -OCH3 is 1. The van der Waals surface area contributed by atoms with Crippen LogP contribution < -0.4 is 0 Å². The number of fused-ring (bicyclic) bond motifs is 1. The third-order valence-electron chi connectivity index (χ3n) is 4.71. The van der Waals surface area contributed by atoms with Crippen LogP contribution in [0.15, 0.2) is 54.7 Å². The Morgan fingerprint density at radius 1 is 1.13 bits per heavy atom. The van der Waals surface area contributed by atoms with Crippen LogP contribution in [-0.4, -0.2) is 33.8 Å². The van der Waals surface area contributed by atoms with Crippen molar-refractivity contribution in [2.75, 3.05) is 7.11 Å². The third-order valence-corrected chi connectivity index (χ3v) is 5.03. The van der Waals surface area contributed by atoms with E-state index < -0.39 is 17.7 Å². The number of aromatic nitrogens is 3. The lowest BCUT2D eigenvalue weighted by molar-refractivity contribution is 0.0600. The highest BCUT2D eigenvalue weighted by Crippen LogP contribution is 2.30. The average molecular weight is 424 g/mol. The topological polar surface area (TPSA) is 74.1 Å². The summed E-state index contributed by atoms with van der Waals surface area (Å²) >= 11 is 6.25. The summed E-state index contributed by atoms with van der Waals surface area (Å²) in [4.78, 5) is 29.2. The predicted octanol–water partition coefficient (Wildman–Crippen LogP) is 4.67. The quantitative estimate of drug-likeness (QED) is 0.447. The molecule has 2 heterocycles. The molecule has 0 bridgehead atoms. The van der Waals surface area contributed by atoms with Crippen molar-refractivity contribution in [2.45, 2.75) is 6.92 Å². The Labute approximate surface area is 175 Å². The average Bonchev–Trinajstić information content (AvgIpc) is 3.12. The second-order valence-corrected chi connectivity index (χ2v) is 6.96. The van der Waals surface area contributed by atoms with Gasteiger partial charge in [0.2, 0.25) is 0 Å². The second kappa shape index (κ2) is 7.68. The zero-order valence-corrected chi connectivity index (χ0v) is 16.8. The number of carbonyl (C=O) groups is 2. The van der Waals surface area contributed by atoms with Gasteiger partial charge in [0.1, 0.15) is 17.0 Å². The fraction of sp³-hybridized carbons (Fsp3) is 0.0909. The molecule has 0 N–H and O–H groups in total. The van der Waals surface area contributed by atoms with Crippen molar-refractivity contribution < 1.29 is 18.7 Å². The van der Waals surface area contributed by atoms with E-state index in [1.807, 2.05) is 0 Å². The molecule has 2 aromatic heterocycles. The molecule has 0 aliphatic heterocycles. The summed E-state index contributed by atoms with van der Waals surface area (Å²) in [7, 11) is 1.22. The summed E-state index contributed by atoms with van der Waals surface area (Å²) in [5.74, 6) is -1.79. The molecule has 2 aromatic carbocycles. The number of pyridine rings is 1. The zero-order valence-electron chi connectivity index (χ0n) is 16.0. The van der Waals surface area contributed by atoms with Crippen LogP contribution in [0.2, 0.25) is 5.02 Å². The highest BCUT2D eigenvalue weighted by molar-refractivity contribution is 6.34. The first kappa shape index (κ1) is 19.7. The number of benzene rings is 2. The van der Waals surface area contributed by atoms with Gasteiger partial charge in [0.05, 0.1) is 28.8 Å². The lowest BCUT2D eigenvalue weighted by Gasteiger charge is -2.07. The van der Waals surface area contributed by atoms with Crippen molar-refractivity contribution in [1.82, 2.24) is 14.8 Å². The van der Waals surface area contributed by atoms with Gasteiger partial charge in [-0.05, 0) is 48.9 Å². The smallest absolute Gasteiger partial charge is 0.337 e. The SMILES string of the molecule is COC(=O)c1ccc(-c2nn(C(=O)c3c(C)cccc3Cl)c3cccnc23)c(F)c1. The Hall–Kier alpha value is -3.58. The van der Waals surface area contributed by atoms with Crippen molar-refractivity contribution in [3.63, 3.8) is 0 Å².